The highest BCUT2D eigenvalue weighted by Crippen LogP contribution is 2.43. The minimum atomic E-state index is -0.0786. The minimum Gasteiger partial charge on any atom is -0.319 e. The van der Waals surface area contributed by atoms with E-state index in [0.717, 1.165) is 40.3 Å². The number of fused-ring (bicyclic) bond motifs is 2. The van der Waals surface area contributed by atoms with E-state index in [1.165, 1.54) is 0 Å². The molecule has 3 aromatic rings. The topological polar surface area (TPSA) is 52.7 Å². The van der Waals surface area contributed by atoms with Gasteiger partial charge >= 0.3 is 6.03 Å². The van der Waals surface area contributed by atoms with Crippen LogP contribution >= 0.6 is 11.8 Å². The maximum Gasteiger partial charge on any atom is 0.322 e. The third kappa shape index (κ3) is 4.42. The Kier molecular flexibility index (Phi) is 6.33. The zero-order chi connectivity index (χ0) is 23.7. The molecule has 3 amide bonds. The Balaban J connectivity index is 1.50. The van der Waals surface area contributed by atoms with E-state index in [1.54, 1.807) is 11.8 Å². The molecule has 0 spiro atoms. The molecule has 0 radical (unpaired) electrons. The van der Waals surface area contributed by atoms with Crippen molar-refractivity contribution >= 4 is 35.1 Å². The molecule has 1 saturated heterocycles. The van der Waals surface area contributed by atoms with Crippen LogP contribution in [0.5, 0.6) is 0 Å². The van der Waals surface area contributed by atoms with E-state index in [2.05, 4.69) is 19.2 Å². The van der Waals surface area contributed by atoms with Crippen LogP contribution in [0.3, 0.4) is 0 Å². The van der Waals surface area contributed by atoms with Crippen LogP contribution < -0.4 is 10.2 Å². The molecule has 2 aliphatic heterocycles. The van der Waals surface area contributed by atoms with Gasteiger partial charge in [-0.2, -0.15) is 0 Å². The van der Waals surface area contributed by atoms with E-state index in [0.29, 0.717) is 17.8 Å². The predicted molar refractivity (Wildman–Crippen MR) is 138 cm³/mol. The number of nitrogens with zero attached hydrogens (tertiary/aromatic N) is 2. The van der Waals surface area contributed by atoms with Gasteiger partial charge in [0, 0.05) is 27.6 Å². The second kappa shape index (κ2) is 9.55. The molecule has 0 aliphatic carbocycles. The molecule has 2 atom stereocenters. The van der Waals surface area contributed by atoms with Crippen LogP contribution in [0.25, 0.3) is 0 Å². The van der Waals surface area contributed by atoms with Gasteiger partial charge in [0.25, 0.3) is 5.91 Å². The van der Waals surface area contributed by atoms with Gasteiger partial charge < -0.3 is 15.1 Å². The molecule has 6 heteroatoms. The number of amides is 3. The molecule has 34 heavy (non-hydrogen) atoms. The van der Waals surface area contributed by atoms with Gasteiger partial charge in [-0.3, -0.25) is 4.79 Å². The lowest BCUT2D eigenvalue weighted by molar-refractivity contribution is 0.0982. The summed E-state index contributed by atoms with van der Waals surface area (Å²) in [5, 5.41) is 3.10. The minimum absolute atomic E-state index is 0.0348. The first-order valence-electron chi connectivity index (χ1n) is 11.9. The highest BCUT2D eigenvalue weighted by molar-refractivity contribution is 7.99. The molecular weight excluding hydrogens is 442 g/mol. The van der Waals surface area contributed by atoms with E-state index in [-0.39, 0.29) is 24.0 Å². The van der Waals surface area contributed by atoms with Crippen molar-refractivity contribution in [3.05, 3.63) is 83.9 Å². The number of carbonyl (C=O) groups is 2. The van der Waals surface area contributed by atoms with E-state index in [4.69, 9.17) is 0 Å². The normalized spacial score (nSPS) is 19.8. The molecule has 1 fully saturated rings. The van der Waals surface area contributed by atoms with Crippen LogP contribution in [0.15, 0.2) is 82.6 Å². The molecule has 174 valence electrons. The second-order valence-electron chi connectivity index (χ2n) is 9.12. The Hall–Kier alpha value is -3.25. The van der Waals surface area contributed by atoms with Crippen molar-refractivity contribution in [2.24, 2.45) is 0 Å². The lowest BCUT2D eigenvalue weighted by Gasteiger charge is -2.39. The Labute approximate surface area is 205 Å². The Bertz CT molecular complexity index is 1200. The lowest BCUT2D eigenvalue weighted by atomic mass is 9.98. The van der Waals surface area contributed by atoms with Crippen molar-refractivity contribution < 1.29 is 9.59 Å². The standard InChI is InChI=1S/C28H29N3O2S/c1-19-9-8-10-20(2)31(19)28(33)29-22-15-16-26-24(17-22)30(18-21-11-4-3-5-12-21)27(32)23-13-6-7-14-25(23)34-26/h3-7,11-17,19-20H,8-10,18H2,1-2H3,(H,29,33)/t19-,20+. The fourth-order valence-corrected chi connectivity index (χ4v) is 5.99. The highest BCUT2D eigenvalue weighted by Gasteiger charge is 2.30. The van der Waals surface area contributed by atoms with E-state index < -0.39 is 0 Å². The fourth-order valence-electron chi connectivity index (χ4n) is 4.93. The van der Waals surface area contributed by atoms with Crippen molar-refractivity contribution in [1.29, 1.82) is 0 Å². The van der Waals surface area contributed by atoms with Crippen LogP contribution in [0, 0.1) is 0 Å². The molecular formula is C28H29N3O2S. The summed E-state index contributed by atoms with van der Waals surface area (Å²) in [6.45, 7) is 4.68. The van der Waals surface area contributed by atoms with E-state index >= 15 is 0 Å². The quantitative estimate of drug-likeness (QED) is 0.457. The van der Waals surface area contributed by atoms with Gasteiger partial charge in [0.2, 0.25) is 0 Å². The summed E-state index contributed by atoms with van der Waals surface area (Å²) >= 11 is 1.59. The van der Waals surface area contributed by atoms with Gasteiger partial charge in [-0.1, -0.05) is 54.2 Å². The molecule has 0 saturated carbocycles. The largest absolute Gasteiger partial charge is 0.322 e. The van der Waals surface area contributed by atoms with Crippen LogP contribution in [-0.2, 0) is 6.54 Å². The summed E-state index contributed by atoms with van der Waals surface area (Å²) < 4.78 is 0. The van der Waals surface area contributed by atoms with Crippen LogP contribution in [0.1, 0.15) is 49.0 Å². The van der Waals surface area contributed by atoms with Gasteiger partial charge in [0.05, 0.1) is 17.8 Å². The number of hydrogen-bond donors (Lipinski definition) is 1. The first kappa shape index (κ1) is 22.5. The lowest BCUT2D eigenvalue weighted by Crippen LogP contribution is -2.49. The molecule has 0 aromatic heterocycles. The number of rotatable bonds is 3. The highest BCUT2D eigenvalue weighted by atomic mass is 32.2. The summed E-state index contributed by atoms with van der Waals surface area (Å²) in [5.41, 5.74) is 3.26. The van der Waals surface area contributed by atoms with Crippen molar-refractivity contribution in [2.45, 2.75) is 61.5 Å². The van der Waals surface area contributed by atoms with Crippen molar-refractivity contribution in [3.63, 3.8) is 0 Å². The average molecular weight is 472 g/mol. The zero-order valence-electron chi connectivity index (χ0n) is 19.5. The predicted octanol–water partition coefficient (Wildman–Crippen LogP) is 6.79. The van der Waals surface area contributed by atoms with Crippen molar-refractivity contribution in [3.8, 4) is 0 Å². The monoisotopic (exact) mass is 471 g/mol. The Morgan fingerprint density at radius 2 is 1.65 bits per heavy atom. The molecule has 2 heterocycles. The summed E-state index contributed by atoms with van der Waals surface area (Å²) in [5.74, 6) is -0.0348. The number of carbonyl (C=O) groups excluding carboxylic acids is 2. The summed E-state index contributed by atoms with van der Waals surface area (Å²) in [4.78, 5) is 32.6. The molecule has 2 aliphatic rings. The fraction of sp³-hybridized carbons (Fsp3) is 0.286. The smallest absolute Gasteiger partial charge is 0.319 e. The zero-order valence-corrected chi connectivity index (χ0v) is 20.3. The van der Waals surface area contributed by atoms with Crippen LogP contribution in [0.2, 0.25) is 0 Å². The number of anilines is 2. The number of urea groups is 1. The van der Waals surface area contributed by atoms with Crippen LogP contribution in [0.4, 0.5) is 16.2 Å². The molecule has 5 nitrogen and oxygen atoms in total. The van der Waals surface area contributed by atoms with Gasteiger partial charge in [-0.25, -0.2) is 4.79 Å². The molecule has 3 aromatic carbocycles. The molecule has 5 rings (SSSR count). The Morgan fingerprint density at radius 3 is 2.41 bits per heavy atom. The third-order valence-electron chi connectivity index (χ3n) is 6.70. The summed E-state index contributed by atoms with van der Waals surface area (Å²) in [6.07, 6.45) is 3.20. The summed E-state index contributed by atoms with van der Waals surface area (Å²) in [6, 6.07) is 24.0. The van der Waals surface area contributed by atoms with Gasteiger partial charge in [-0.05, 0) is 69.0 Å². The van der Waals surface area contributed by atoms with Gasteiger partial charge in [0.1, 0.15) is 0 Å². The maximum atomic E-state index is 13.7. The van der Waals surface area contributed by atoms with Crippen molar-refractivity contribution in [1.82, 2.24) is 4.90 Å². The van der Waals surface area contributed by atoms with E-state index in [1.807, 2.05) is 82.6 Å². The SMILES string of the molecule is C[C@@H]1CCC[C@H](C)N1C(=O)Nc1ccc2c(c1)N(Cc1ccccc1)C(=O)c1ccccc1S2. The first-order chi connectivity index (χ1) is 16.5. The molecule has 1 N–H and O–H groups in total. The average Bonchev–Trinajstić information content (AvgIpc) is 2.94. The Morgan fingerprint density at radius 1 is 0.941 bits per heavy atom. The molecule has 0 unspecified atom stereocenters. The first-order valence-corrected chi connectivity index (χ1v) is 12.7. The number of hydrogen-bond acceptors (Lipinski definition) is 3. The van der Waals surface area contributed by atoms with Crippen LogP contribution in [-0.4, -0.2) is 28.9 Å². The van der Waals surface area contributed by atoms with Gasteiger partial charge in [0.15, 0.2) is 0 Å². The number of likely N-dealkylation sites (tertiary alicyclic amines) is 1. The second-order valence-corrected chi connectivity index (χ2v) is 10.2. The van der Waals surface area contributed by atoms with E-state index in [9.17, 15) is 9.59 Å². The number of nitrogens with one attached hydrogen (secondary N) is 1. The molecule has 0 bridgehead atoms. The third-order valence-corrected chi connectivity index (χ3v) is 7.84. The maximum absolute atomic E-state index is 13.7. The van der Waals surface area contributed by atoms with Crippen molar-refractivity contribution in [2.75, 3.05) is 10.2 Å². The summed E-state index contributed by atoms with van der Waals surface area (Å²) in [7, 11) is 0. The van der Waals surface area contributed by atoms with Gasteiger partial charge in [-0.15, -0.1) is 0 Å². The number of piperidine rings is 1. The number of benzene rings is 3.